The maximum Gasteiger partial charge on any atom is 0.353 e. The van der Waals surface area contributed by atoms with Crippen LogP contribution in [0.1, 0.15) is 0 Å². The van der Waals surface area contributed by atoms with Crippen molar-refractivity contribution < 1.29 is 18.8 Å². The van der Waals surface area contributed by atoms with Gasteiger partial charge in [-0.3, -0.25) is 9.76 Å². The van der Waals surface area contributed by atoms with E-state index in [1.807, 2.05) is 0 Å². The molecule has 48 valence electrons. The topological polar surface area (TPSA) is 104 Å². The van der Waals surface area contributed by atoms with Crippen LogP contribution in [0.2, 0.25) is 0 Å². The Labute approximate surface area is 47.3 Å². The Hall–Kier alpha value is -0.660. The molecule has 2 amide bonds. The third-order valence-electron chi connectivity index (χ3n) is 0.336. The van der Waals surface area contributed by atoms with E-state index in [1.54, 1.807) is 0 Å². The molecule has 0 aliphatic heterocycles. The van der Waals surface area contributed by atoms with E-state index < -0.39 is 21.8 Å². The number of amides is 2. The van der Waals surface area contributed by atoms with Gasteiger partial charge in [-0.2, -0.15) is 0 Å². The van der Waals surface area contributed by atoms with Crippen molar-refractivity contribution in [2.24, 2.45) is 5.73 Å². The van der Waals surface area contributed by atoms with E-state index in [1.165, 1.54) is 0 Å². The molecule has 0 saturated heterocycles. The predicted octanol–water partition coefficient (Wildman–Crippen LogP) is -1.11. The summed E-state index contributed by atoms with van der Waals surface area (Å²) in [5, 5.41) is 8.01. The van der Waals surface area contributed by atoms with E-state index >= 15 is 0 Å². The van der Waals surface area contributed by atoms with Gasteiger partial charge in [0.25, 0.3) is 11.3 Å². The number of carbonyl (C=O) groups excluding carboxylic acids is 1. The van der Waals surface area contributed by atoms with Crippen LogP contribution in [0.5, 0.6) is 0 Å². The lowest BCUT2D eigenvalue weighted by molar-refractivity contribution is 0.0442. The Morgan fingerprint density at radius 3 is 2.12 bits per heavy atom. The average Bonchev–Trinajstić information content (AvgIpc) is 1.64. The largest absolute Gasteiger partial charge is 0.353 e. The van der Waals surface area contributed by atoms with Gasteiger partial charge >= 0.3 is 6.03 Å². The molecule has 0 heterocycles. The molecule has 0 radical (unpaired) electrons. The standard InChI is InChI=1S/CH4N2O4S/c2-1(4)3(5)8(6)7/h5H,(H2,2,4)(H,6,7). The molecule has 1 atom stereocenters. The highest BCUT2D eigenvalue weighted by Gasteiger charge is 2.09. The van der Waals surface area contributed by atoms with Crippen molar-refractivity contribution in [2.75, 3.05) is 0 Å². The minimum Gasteiger partial charge on any atom is -0.349 e. The summed E-state index contributed by atoms with van der Waals surface area (Å²) in [5.74, 6) is 0. The van der Waals surface area contributed by atoms with Crippen LogP contribution in [0.15, 0.2) is 0 Å². The third-order valence-corrected chi connectivity index (χ3v) is 0.812. The van der Waals surface area contributed by atoms with Crippen LogP contribution in [0.4, 0.5) is 4.79 Å². The number of nitrogens with two attached hydrogens (primary N) is 1. The number of hydrogen-bond acceptors (Lipinski definition) is 3. The maximum atomic E-state index is 9.69. The Morgan fingerprint density at radius 2 is 2.12 bits per heavy atom. The first-order valence-corrected chi connectivity index (χ1v) is 2.51. The van der Waals surface area contributed by atoms with Crippen molar-refractivity contribution in [3.63, 3.8) is 0 Å². The molecule has 0 spiro atoms. The lowest BCUT2D eigenvalue weighted by Gasteiger charge is -2.02. The van der Waals surface area contributed by atoms with Crippen molar-refractivity contribution in [2.45, 2.75) is 0 Å². The summed E-state index contributed by atoms with van der Waals surface area (Å²) in [4.78, 5) is 9.69. The molecular formula is CH4N2O4S. The lowest BCUT2D eigenvalue weighted by Crippen LogP contribution is -2.33. The first kappa shape index (κ1) is 7.34. The molecule has 0 bridgehead atoms. The van der Waals surface area contributed by atoms with Crippen molar-refractivity contribution in [3.8, 4) is 0 Å². The number of primary amides is 1. The average molecular weight is 140 g/mol. The lowest BCUT2D eigenvalue weighted by atomic mass is 11.2. The number of hydroxylamine groups is 1. The Kier molecular flexibility index (Phi) is 2.38. The molecule has 0 saturated carbocycles. The summed E-state index contributed by atoms with van der Waals surface area (Å²) in [6.45, 7) is 0. The van der Waals surface area contributed by atoms with Gasteiger partial charge < -0.3 is 5.73 Å². The van der Waals surface area contributed by atoms with Crippen molar-refractivity contribution in [3.05, 3.63) is 0 Å². The maximum absolute atomic E-state index is 9.69. The second-order valence-electron chi connectivity index (χ2n) is 0.842. The summed E-state index contributed by atoms with van der Waals surface area (Å²) < 4.78 is 17.0. The highest BCUT2D eigenvalue weighted by atomic mass is 32.2. The summed E-state index contributed by atoms with van der Waals surface area (Å²) in [5.41, 5.74) is 4.32. The second-order valence-corrected chi connectivity index (χ2v) is 1.65. The fourth-order valence-corrected chi connectivity index (χ4v) is 0.231. The quantitative estimate of drug-likeness (QED) is 0.244. The zero-order valence-electron chi connectivity index (χ0n) is 3.64. The van der Waals surface area contributed by atoms with Gasteiger partial charge in [-0.25, -0.2) is 9.00 Å². The number of hydrogen-bond donors (Lipinski definition) is 3. The molecule has 6 nitrogen and oxygen atoms in total. The highest BCUT2D eigenvalue weighted by molar-refractivity contribution is 7.77. The van der Waals surface area contributed by atoms with Gasteiger partial charge in [0.1, 0.15) is 0 Å². The van der Waals surface area contributed by atoms with Gasteiger partial charge in [-0.1, -0.05) is 4.47 Å². The molecule has 7 heteroatoms. The number of urea groups is 1. The Bertz CT molecular complexity index is 109. The Morgan fingerprint density at radius 1 is 1.75 bits per heavy atom. The molecule has 4 N–H and O–H groups in total. The fourth-order valence-electron chi connectivity index (χ4n) is 0.0770. The first-order chi connectivity index (χ1) is 3.55. The van der Waals surface area contributed by atoms with Gasteiger partial charge in [0, 0.05) is 0 Å². The van der Waals surface area contributed by atoms with Gasteiger partial charge in [0.2, 0.25) is 0 Å². The van der Waals surface area contributed by atoms with Crippen LogP contribution in [-0.2, 0) is 11.3 Å². The van der Waals surface area contributed by atoms with Gasteiger partial charge in [0.15, 0.2) is 0 Å². The molecule has 0 aromatic heterocycles. The molecule has 0 aromatic rings. The second kappa shape index (κ2) is 2.60. The molecule has 8 heavy (non-hydrogen) atoms. The Balaban J connectivity index is 3.83. The van der Waals surface area contributed by atoms with E-state index in [9.17, 15) is 9.00 Å². The molecule has 0 fully saturated rings. The van der Waals surface area contributed by atoms with E-state index in [0.717, 1.165) is 0 Å². The van der Waals surface area contributed by atoms with E-state index in [-0.39, 0.29) is 0 Å². The van der Waals surface area contributed by atoms with Crippen molar-refractivity contribution in [1.82, 2.24) is 4.47 Å². The monoisotopic (exact) mass is 140 g/mol. The van der Waals surface area contributed by atoms with Crippen LogP contribution in [-0.4, -0.2) is 24.5 Å². The summed E-state index contributed by atoms with van der Waals surface area (Å²) in [6.07, 6.45) is 0. The summed E-state index contributed by atoms with van der Waals surface area (Å²) >= 11 is -2.73. The van der Waals surface area contributed by atoms with E-state index in [4.69, 9.17) is 9.76 Å². The van der Waals surface area contributed by atoms with Gasteiger partial charge in [-0.15, -0.1) is 0 Å². The predicted molar refractivity (Wildman–Crippen MR) is 24.0 cm³/mol. The minimum atomic E-state index is -2.73. The summed E-state index contributed by atoms with van der Waals surface area (Å²) in [6, 6.07) is -1.37. The summed E-state index contributed by atoms with van der Waals surface area (Å²) in [7, 11) is 0. The van der Waals surface area contributed by atoms with Crippen LogP contribution in [0.25, 0.3) is 0 Å². The normalized spacial score (nSPS) is 12.8. The molecular weight excluding hydrogens is 136 g/mol. The number of rotatable bonds is 1. The highest BCUT2D eigenvalue weighted by Crippen LogP contribution is 1.81. The SMILES string of the molecule is NC(=O)N(O)S(=O)O. The molecule has 0 aromatic carbocycles. The minimum absolute atomic E-state index is 0.500. The molecule has 1 unspecified atom stereocenters. The zero-order chi connectivity index (χ0) is 6.73. The molecule has 0 rings (SSSR count). The fraction of sp³-hybridized carbons (Fsp3) is 0. The van der Waals surface area contributed by atoms with Crippen LogP contribution in [0.3, 0.4) is 0 Å². The first-order valence-electron chi connectivity index (χ1n) is 1.45. The molecule has 0 aliphatic rings. The smallest absolute Gasteiger partial charge is 0.349 e. The van der Waals surface area contributed by atoms with E-state index in [2.05, 4.69) is 5.73 Å². The number of nitrogens with zero attached hydrogens (tertiary/aromatic N) is 1. The third kappa shape index (κ3) is 1.87. The van der Waals surface area contributed by atoms with Gasteiger partial charge in [0.05, 0.1) is 0 Å². The molecule has 0 aliphatic carbocycles. The zero-order valence-corrected chi connectivity index (χ0v) is 4.46. The van der Waals surface area contributed by atoms with Crippen LogP contribution >= 0.6 is 0 Å². The van der Waals surface area contributed by atoms with Crippen LogP contribution < -0.4 is 5.73 Å². The van der Waals surface area contributed by atoms with Crippen molar-refractivity contribution >= 4 is 17.3 Å². The number of carbonyl (C=O) groups is 1. The van der Waals surface area contributed by atoms with Crippen molar-refractivity contribution in [1.29, 1.82) is 0 Å². The van der Waals surface area contributed by atoms with Crippen LogP contribution in [0, 0.1) is 0 Å². The van der Waals surface area contributed by atoms with E-state index in [0.29, 0.717) is 0 Å². The van der Waals surface area contributed by atoms with Gasteiger partial charge in [-0.05, 0) is 0 Å².